The van der Waals surface area contributed by atoms with Crippen molar-refractivity contribution in [3.63, 3.8) is 0 Å². The first kappa shape index (κ1) is 22.3. The van der Waals surface area contributed by atoms with E-state index in [-0.39, 0.29) is 30.1 Å². The van der Waals surface area contributed by atoms with E-state index in [0.717, 1.165) is 24.7 Å². The first-order valence-corrected chi connectivity index (χ1v) is 9.97. The van der Waals surface area contributed by atoms with E-state index >= 15 is 0 Å². The number of nitrogens with zero attached hydrogens (tertiary/aromatic N) is 4. The molecule has 1 aliphatic heterocycles. The molecule has 2 aromatic carbocycles. The molecule has 1 aromatic heterocycles. The highest BCUT2D eigenvalue weighted by atomic mass is 127. The van der Waals surface area contributed by atoms with Crippen molar-refractivity contribution < 1.29 is 4.74 Å². The summed E-state index contributed by atoms with van der Waals surface area (Å²) in [5.41, 5.74) is 4.74. The number of ether oxygens (including phenoxy) is 1. The third-order valence-electron chi connectivity index (χ3n) is 5.29. The highest BCUT2D eigenvalue weighted by Crippen LogP contribution is 2.25. The summed E-state index contributed by atoms with van der Waals surface area (Å²) >= 11 is 0. The van der Waals surface area contributed by atoms with E-state index in [1.165, 1.54) is 16.7 Å². The smallest absolute Gasteiger partial charge is 0.194 e. The van der Waals surface area contributed by atoms with Crippen LogP contribution in [0.2, 0.25) is 0 Å². The number of guanidine groups is 1. The van der Waals surface area contributed by atoms with Gasteiger partial charge in [-0.3, -0.25) is 4.99 Å². The topological polar surface area (TPSA) is 54.7 Å². The maximum Gasteiger partial charge on any atom is 0.194 e. The first-order chi connectivity index (χ1) is 14.3. The normalized spacial score (nSPS) is 16.8. The van der Waals surface area contributed by atoms with E-state index in [0.29, 0.717) is 13.2 Å². The van der Waals surface area contributed by atoms with Crippen molar-refractivity contribution in [2.45, 2.75) is 19.6 Å². The molecule has 7 heteroatoms. The Bertz CT molecular complexity index is 973. The Morgan fingerprint density at radius 3 is 2.73 bits per heavy atom. The van der Waals surface area contributed by atoms with Gasteiger partial charge in [0.15, 0.2) is 5.96 Å². The average Bonchev–Trinajstić information content (AvgIpc) is 3.30. The Kier molecular flexibility index (Phi) is 7.87. The van der Waals surface area contributed by atoms with Crippen molar-refractivity contribution in [1.29, 1.82) is 0 Å². The van der Waals surface area contributed by atoms with Crippen LogP contribution in [0.4, 0.5) is 0 Å². The van der Waals surface area contributed by atoms with Gasteiger partial charge in [0, 0.05) is 32.5 Å². The zero-order valence-corrected chi connectivity index (χ0v) is 19.7. The summed E-state index contributed by atoms with van der Waals surface area (Å²) in [6.45, 7) is 5.10. The second-order valence-electron chi connectivity index (χ2n) is 7.14. The molecule has 2 heterocycles. The van der Waals surface area contributed by atoms with Crippen molar-refractivity contribution in [3.8, 4) is 5.69 Å². The van der Waals surface area contributed by atoms with Crippen LogP contribution in [0.5, 0.6) is 0 Å². The van der Waals surface area contributed by atoms with Crippen LogP contribution < -0.4 is 5.32 Å². The Hall–Kier alpha value is -2.39. The van der Waals surface area contributed by atoms with E-state index < -0.39 is 0 Å². The molecular weight excluding hydrogens is 489 g/mol. The lowest BCUT2D eigenvalue weighted by Gasteiger charge is -2.35. The summed E-state index contributed by atoms with van der Waals surface area (Å²) in [5, 5.41) is 7.89. The molecule has 6 nitrogen and oxygen atoms in total. The Labute approximate surface area is 195 Å². The van der Waals surface area contributed by atoms with E-state index in [2.05, 4.69) is 69.7 Å². The van der Waals surface area contributed by atoms with Crippen molar-refractivity contribution in [2.24, 2.45) is 4.99 Å². The maximum atomic E-state index is 6.06. The minimum atomic E-state index is 0. The van der Waals surface area contributed by atoms with Crippen LogP contribution in [0.15, 0.2) is 72.0 Å². The van der Waals surface area contributed by atoms with E-state index in [1.54, 1.807) is 6.20 Å². The molecular formula is C23H28IN5O. The molecule has 158 valence electrons. The maximum absolute atomic E-state index is 6.06. The number of nitrogens with one attached hydrogen (secondary N) is 1. The second-order valence-corrected chi connectivity index (χ2v) is 7.14. The SMILES string of the molecule is CN=C(NCc1ccccc1-n1cccn1)N1CCOC(c2ccccc2C)C1.I. The molecule has 0 aliphatic carbocycles. The van der Waals surface area contributed by atoms with Gasteiger partial charge in [0.05, 0.1) is 18.8 Å². The number of hydrogen-bond donors (Lipinski definition) is 1. The number of halogens is 1. The quantitative estimate of drug-likeness (QED) is 0.324. The van der Waals surface area contributed by atoms with Crippen LogP contribution in [-0.4, -0.2) is 47.4 Å². The molecule has 1 unspecified atom stereocenters. The number of aromatic nitrogens is 2. The number of rotatable bonds is 4. The molecule has 30 heavy (non-hydrogen) atoms. The molecule has 4 rings (SSSR count). The molecule has 0 radical (unpaired) electrons. The zero-order valence-electron chi connectivity index (χ0n) is 17.4. The lowest BCUT2D eigenvalue weighted by atomic mass is 10.0. The average molecular weight is 517 g/mol. The van der Waals surface area contributed by atoms with Gasteiger partial charge in [-0.2, -0.15) is 5.10 Å². The van der Waals surface area contributed by atoms with Crippen molar-refractivity contribution in [1.82, 2.24) is 20.0 Å². The summed E-state index contributed by atoms with van der Waals surface area (Å²) in [6.07, 6.45) is 3.81. The molecule has 1 N–H and O–H groups in total. The van der Waals surface area contributed by atoms with Gasteiger partial charge < -0.3 is 15.0 Å². The van der Waals surface area contributed by atoms with Gasteiger partial charge in [0.1, 0.15) is 6.10 Å². The molecule has 1 aliphatic rings. The molecule has 1 saturated heterocycles. The largest absolute Gasteiger partial charge is 0.370 e. The predicted octanol–water partition coefficient (Wildman–Crippen LogP) is 3.95. The fourth-order valence-electron chi connectivity index (χ4n) is 3.78. The number of para-hydroxylation sites is 1. The summed E-state index contributed by atoms with van der Waals surface area (Å²) in [5.74, 6) is 0.891. The van der Waals surface area contributed by atoms with Crippen molar-refractivity contribution in [3.05, 3.63) is 83.7 Å². The number of morpholine rings is 1. The lowest BCUT2D eigenvalue weighted by Crippen LogP contribution is -2.48. The Morgan fingerprint density at radius 1 is 1.17 bits per heavy atom. The summed E-state index contributed by atoms with van der Waals surface area (Å²) in [4.78, 5) is 6.80. The van der Waals surface area contributed by atoms with Gasteiger partial charge in [-0.25, -0.2) is 4.68 Å². The minimum absolute atomic E-state index is 0. The van der Waals surface area contributed by atoms with Crippen molar-refractivity contribution >= 4 is 29.9 Å². The van der Waals surface area contributed by atoms with Crippen LogP contribution in [0.3, 0.4) is 0 Å². The highest BCUT2D eigenvalue weighted by Gasteiger charge is 2.25. The monoisotopic (exact) mass is 517 g/mol. The molecule has 0 spiro atoms. The van der Waals surface area contributed by atoms with Gasteiger partial charge in [0.2, 0.25) is 0 Å². The van der Waals surface area contributed by atoms with Crippen LogP contribution in [0.1, 0.15) is 22.8 Å². The fraction of sp³-hybridized carbons (Fsp3) is 0.304. The highest BCUT2D eigenvalue weighted by molar-refractivity contribution is 14.0. The summed E-state index contributed by atoms with van der Waals surface area (Å²) in [7, 11) is 1.83. The Balaban J connectivity index is 0.00000256. The molecule has 0 amide bonds. The van der Waals surface area contributed by atoms with Crippen LogP contribution in [0.25, 0.3) is 5.69 Å². The minimum Gasteiger partial charge on any atom is -0.370 e. The van der Waals surface area contributed by atoms with E-state index in [1.807, 2.05) is 30.1 Å². The van der Waals surface area contributed by atoms with Gasteiger partial charge in [-0.15, -0.1) is 24.0 Å². The standard InChI is InChI=1S/C23H27N5O.HI/c1-18-8-3-5-10-20(18)22-17-27(14-15-29-22)23(24-2)25-16-19-9-4-6-11-21(19)28-13-7-12-26-28;/h3-13,22H,14-17H2,1-2H3,(H,24,25);1H. The molecule has 1 fully saturated rings. The summed E-state index contributed by atoms with van der Waals surface area (Å²) < 4.78 is 7.96. The van der Waals surface area contributed by atoms with Gasteiger partial charge in [-0.1, -0.05) is 42.5 Å². The van der Waals surface area contributed by atoms with Gasteiger partial charge >= 0.3 is 0 Å². The van der Waals surface area contributed by atoms with E-state index in [9.17, 15) is 0 Å². The third kappa shape index (κ3) is 5.02. The second kappa shape index (κ2) is 10.6. The Morgan fingerprint density at radius 2 is 1.97 bits per heavy atom. The molecule has 0 bridgehead atoms. The molecule has 3 aromatic rings. The van der Waals surface area contributed by atoms with Crippen LogP contribution in [-0.2, 0) is 11.3 Å². The number of benzene rings is 2. The van der Waals surface area contributed by atoms with Crippen LogP contribution >= 0.6 is 24.0 Å². The van der Waals surface area contributed by atoms with Gasteiger partial charge in [0.25, 0.3) is 0 Å². The predicted molar refractivity (Wildman–Crippen MR) is 131 cm³/mol. The lowest BCUT2D eigenvalue weighted by molar-refractivity contribution is -0.00833. The van der Waals surface area contributed by atoms with Crippen molar-refractivity contribution in [2.75, 3.05) is 26.7 Å². The number of aryl methyl sites for hydroxylation is 1. The van der Waals surface area contributed by atoms with Crippen LogP contribution in [0, 0.1) is 6.92 Å². The number of hydrogen-bond acceptors (Lipinski definition) is 3. The van der Waals surface area contributed by atoms with E-state index in [4.69, 9.17) is 4.74 Å². The summed E-state index contributed by atoms with van der Waals surface area (Å²) in [6, 6.07) is 18.6. The van der Waals surface area contributed by atoms with Gasteiger partial charge in [-0.05, 0) is 35.7 Å². The fourth-order valence-corrected chi connectivity index (χ4v) is 3.78. The number of aliphatic imine (C=N–C) groups is 1. The molecule has 0 saturated carbocycles. The third-order valence-corrected chi connectivity index (χ3v) is 5.29. The zero-order chi connectivity index (χ0) is 20.1. The first-order valence-electron chi connectivity index (χ1n) is 9.97. The molecule has 1 atom stereocenters.